The molecule has 0 aliphatic carbocycles. The first-order chi connectivity index (χ1) is 28.2. The van der Waals surface area contributed by atoms with Crippen molar-refractivity contribution in [2.24, 2.45) is 0 Å². The van der Waals surface area contributed by atoms with Crippen LogP contribution in [0.25, 0.3) is 21.8 Å². The molecule has 4 aromatic heterocycles. The normalized spacial score (nSPS) is 10.9. The molecule has 13 heteroatoms. The van der Waals surface area contributed by atoms with Crippen molar-refractivity contribution >= 4 is 86.1 Å². The number of aromatic nitrogens is 4. The van der Waals surface area contributed by atoms with E-state index in [0.717, 1.165) is 39.1 Å². The molecule has 4 heterocycles. The Bertz CT molecular complexity index is 2720. The summed E-state index contributed by atoms with van der Waals surface area (Å²) in [6, 6.07) is 38.1. The minimum Gasteiger partial charge on any atom is -0.506 e. The molecule has 0 spiro atoms. The second-order valence-corrected chi connectivity index (χ2v) is 14.9. The number of carbonyl (C=O) groups is 1. The number of pyridine rings is 4. The third-order valence-corrected chi connectivity index (χ3v) is 9.91. The molecule has 0 bridgehead atoms. The van der Waals surface area contributed by atoms with Crippen molar-refractivity contribution in [1.29, 1.82) is 0 Å². The highest BCUT2D eigenvalue weighted by molar-refractivity contribution is 6.42. The summed E-state index contributed by atoms with van der Waals surface area (Å²) in [6.07, 6.45) is 0.693. The molecule has 8 rings (SSSR count). The second kappa shape index (κ2) is 20.6. The number of anilines is 2. The van der Waals surface area contributed by atoms with Crippen LogP contribution in [-0.2, 0) is 0 Å². The van der Waals surface area contributed by atoms with Gasteiger partial charge in [0.15, 0.2) is 6.29 Å². The van der Waals surface area contributed by atoms with Gasteiger partial charge in [-0.2, -0.15) is 0 Å². The number of nitrogens with two attached hydrogens (primary N) is 1. The van der Waals surface area contributed by atoms with Gasteiger partial charge in [0.2, 0.25) is 0 Å². The first-order valence-corrected chi connectivity index (χ1v) is 19.6. The van der Waals surface area contributed by atoms with Crippen molar-refractivity contribution in [1.82, 2.24) is 19.9 Å². The van der Waals surface area contributed by atoms with Crippen LogP contribution in [0.4, 0.5) is 11.6 Å². The van der Waals surface area contributed by atoms with Crippen molar-refractivity contribution in [3.8, 4) is 11.5 Å². The number of hydrogen-bond donors (Lipinski definition) is 4. The Morgan fingerprint density at radius 2 is 1.20 bits per heavy atom. The summed E-state index contributed by atoms with van der Waals surface area (Å²) in [7, 11) is 0. The fourth-order valence-corrected chi connectivity index (χ4v) is 6.47. The predicted molar refractivity (Wildman–Crippen MR) is 242 cm³/mol. The van der Waals surface area contributed by atoms with E-state index in [1.165, 1.54) is 6.07 Å². The molecule has 0 aliphatic heterocycles. The lowest BCUT2D eigenvalue weighted by Gasteiger charge is -2.22. The van der Waals surface area contributed by atoms with Crippen LogP contribution in [0.2, 0.25) is 20.1 Å². The third-order valence-electron chi connectivity index (χ3n) is 8.61. The van der Waals surface area contributed by atoms with E-state index in [4.69, 9.17) is 52.1 Å². The quantitative estimate of drug-likeness (QED) is 0.124. The molecule has 0 saturated carbocycles. The fraction of sp³-hybridized carbons (Fsp3) is 0.109. The van der Waals surface area contributed by atoms with Gasteiger partial charge in [0.05, 0.1) is 21.1 Å². The minimum absolute atomic E-state index is 0.127. The second-order valence-electron chi connectivity index (χ2n) is 13.2. The zero-order valence-corrected chi connectivity index (χ0v) is 35.5. The maximum absolute atomic E-state index is 11.1. The van der Waals surface area contributed by atoms with E-state index in [1.807, 2.05) is 113 Å². The first kappa shape index (κ1) is 44.1. The maximum Gasteiger partial charge on any atom is 0.151 e. The van der Waals surface area contributed by atoms with Crippen molar-refractivity contribution in [2.45, 2.75) is 33.7 Å². The number of carbonyl (C=O) groups excluding carboxylic acids is 1. The Morgan fingerprint density at radius 1 is 0.593 bits per heavy atom. The number of benzene rings is 4. The van der Waals surface area contributed by atoms with Gasteiger partial charge < -0.3 is 21.3 Å². The summed E-state index contributed by atoms with van der Waals surface area (Å²) >= 11 is 23.6. The van der Waals surface area contributed by atoms with Gasteiger partial charge >= 0.3 is 0 Å². The molecule has 1 atom stereocenters. The largest absolute Gasteiger partial charge is 0.506 e. The first-order valence-electron chi connectivity index (χ1n) is 18.1. The number of fused-ring (bicyclic) bond motifs is 2. The number of nitrogens with one attached hydrogen (secondary N) is 1. The molecule has 9 nitrogen and oxygen atoms in total. The molecular formula is C46H40Cl4N6O3. The summed E-state index contributed by atoms with van der Waals surface area (Å²) in [5, 5.41) is 27.6. The fourth-order valence-electron chi connectivity index (χ4n) is 5.71. The summed E-state index contributed by atoms with van der Waals surface area (Å²) in [4.78, 5) is 27.5. The number of nitrogen functional groups attached to an aromatic ring is 1. The van der Waals surface area contributed by atoms with E-state index in [1.54, 1.807) is 36.4 Å². The number of para-hydroxylation sites is 1. The van der Waals surface area contributed by atoms with Crippen molar-refractivity contribution in [3.05, 3.63) is 187 Å². The molecule has 0 aliphatic rings. The summed E-state index contributed by atoms with van der Waals surface area (Å²) in [6.45, 7) is 7.65. The lowest BCUT2D eigenvalue weighted by Crippen LogP contribution is -2.14. The molecule has 4 aromatic carbocycles. The molecule has 300 valence electrons. The van der Waals surface area contributed by atoms with E-state index >= 15 is 0 Å². The number of phenolic OH excluding ortho intramolecular Hbond substituents is 2. The number of aldehydes is 1. The molecule has 0 fully saturated rings. The molecule has 0 amide bonds. The van der Waals surface area contributed by atoms with Crippen LogP contribution in [0.1, 0.15) is 50.3 Å². The number of hydrogen-bond acceptors (Lipinski definition) is 9. The highest BCUT2D eigenvalue weighted by atomic mass is 35.5. The van der Waals surface area contributed by atoms with Gasteiger partial charge in [0.25, 0.3) is 0 Å². The van der Waals surface area contributed by atoms with Gasteiger partial charge in [0.1, 0.15) is 34.2 Å². The van der Waals surface area contributed by atoms with Crippen LogP contribution in [0.3, 0.4) is 0 Å². The molecule has 59 heavy (non-hydrogen) atoms. The number of phenols is 2. The van der Waals surface area contributed by atoms with Crippen LogP contribution in [-0.4, -0.2) is 36.4 Å². The highest BCUT2D eigenvalue weighted by Crippen LogP contribution is 2.38. The number of aromatic hydroxyl groups is 2. The van der Waals surface area contributed by atoms with Crippen LogP contribution >= 0.6 is 46.4 Å². The van der Waals surface area contributed by atoms with Gasteiger partial charge in [-0.15, -0.1) is 0 Å². The Labute approximate surface area is 362 Å². The SMILES string of the molecule is Cc1ccc2cccc(O)c2n1.Cc1cccc(N)n1.Cc1cccc(NC(c2ccc(Cl)c(Cl)c2)c2ccc3ccc(C)nc3c2O)n1.O=Cc1ccc(Cl)cc1Cl. The minimum atomic E-state index is -0.397. The Morgan fingerprint density at radius 3 is 1.81 bits per heavy atom. The topological polar surface area (TPSA) is 147 Å². The van der Waals surface area contributed by atoms with Gasteiger partial charge in [-0.1, -0.05) is 101 Å². The Hall–Kier alpha value is -5.97. The van der Waals surface area contributed by atoms with Gasteiger partial charge in [0, 0.05) is 49.7 Å². The zero-order chi connectivity index (χ0) is 42.6. The molecular weight excluding hydrogens is 826 g/mol. The zero-order valence-electron chi connectivity index (χ0n) is 32.5. The number of aryl methyl sites for hydroxylation is 4. The monoisotopic (exact) mass is 864 g/mol. The summed E-state index contributed by atoms with van der Waals surface area (Å²) in [5.41, 5.74) is 12.2. The number of nitrogens with zero attached hydrogens (tertiary/aromatic N) is 4. The molecule has 1 unspecified atom stereocenters. The van der Waals surface area contributed by atoms with E-state index in [9.17, 15) is 15.0 Å². The van der Waals surface area contributed by atoms with E-state index in [2.05, 4.69) is 25.3 Å². The molecule has 8 aromatic rings. The Balaban J connectivity index is 0.000000179. The van der Waals surface area contributed by atoms with Gasteiger partial charge in [-0.05, 0) is 106 Å². The molecule has 5 N–H and O–H groups in total. The van der Waals surface area contributed by atoms with Crippen molar-refractivity contribution < 1.29 is 15.0 Å². The van der Waals surface area contributed by atoms with Crippen molar-refractivity contribution in [3.63, 3.8) is 0 Å². The van der Waals surface area contributed by atoms with E-state index in [-0.39, 0.29) is 11.5 Å². The number of rotatable bonds is 5. The Kier molecular flexibility index (Phi) is 15.4. The van der Waals surface area contributed by atoms with E-state index in [0.29, 0.717) is 60.2 Å². The van der Waals surface area contributed by atoms with Crippen LogP contribution < -0.4 is 11.1 Å². The van der Waals surface area contributed by atoms with Gasteiger partial charge in [-0.3, -0.25) is 4.79 Å². The van der Waals surface area contributed by atoms with Crippen molar-refractivity contribution in [2.75, 3.05) is 11.1 Å². The lowest BCUT2D eigenvalue weighted by atomic mass is 9.96. The smallest absolute Gasteiger partial charge is 0.151 e. The highest BCUT2D eigenvalue weighted by Gasteiger charge is 2.21. The average Bonchev–Trinajstić information content (AvgIpc) is 3.20. The van der Waals surface area contributed by atoms with Crippen LogP contribution in [0, 0.1) is 27.7 Å². The molecule has 0 radical (unpaired) electrons. The summed E-state index contributed by atoms with van der Waals surface area (Å²) in [5.74, 6) is 1.65. The molecule has 0 saturated heterocycles. The lowest BCUT2D eigenvalue weighted by molar-refractivity contribution is 0.112. The summed E-state index contributed by atoms with van der Waals surface area (Å²) < 4.78 is 0. The third kappa shape index (κ3) is 12.3. The average molecular weight is 867 g/mol. The standard InChI is InChI=1S/C23H19Cl2N3O.C10H9NO.C7H4Cl2O.C6H8N2/c1-13-4-3-5-20(26-13)28-21(16-9-11-18(24)19(25)12-16)17-10-8-15-7-6-14(2)27-22(15)23(17)29;1-7-5-6-8-3-2-4-9(12)10(8)11-7;8-6-2-1-5(4-10)7(9)3-6;1-5-3-2-4-6(7)8-5/h3-12,21,29H,1-2H3,(H,26,28);2-6,12H,1H3;1-4H;2-4H,1H3,(H2,7,8). The van der Waals surface area contributed by atoms with Gasteiger partial charge in [-0.25, -0.2) is 19.9 Å². The van der Waals surface area contributed by atoms with E-state index < -0.39 is 6.04 Å². The van der Waals surface area contributed by atoms with Crippen LogP contribution in [0.15, 0.2) is 127 Å². The van der Waals surface area contributed by atoms with Crippen LogP contribution in [0.5, 0.6) is 11.5 Å². The predicted octanol–water partition coefficient (Wildman–Crippen LogP) is 12.5. The maximum atomic E-state index is 11.1. The number of halogens is 4.